The Bertz CT molecular complexity index is 774. The van der Waals surface area contributed by atoms with E-state index in [0.29, 0.717) is 28.2 Å². The molecule has 4 nitrogen and oxygen atoms in total. The van der Waals surface area contributed by atoms with E-state index in [2.05, 4.69) is 10.3 Å². The zero-order valence-electron chi connectivity index (χ0n) is 12.2. The number of hydrogen-bond acceptors (Lipinski definition) is 3. The van der Waals surface area contributed by atoms with Gasteiger partial charge in [0.1, 0.15) is 11.6 Å². The number of anilines is 1. The van der Waals surface area contributed by atoms with Crippen molar-refractivity contribution in [3.63, 3.8) is 0 Å². The predicted molar refractivity (Wildman–Crippen MR) is 83.1 cm³/mol. The lowest BCUT2D eigenvalue weighted by molar-refractivity contribution is -0.110. The molecule has 0 fully saturated rings. The second-order valence-electron chi connectivity index (χ2n) is 5.32. The third-order valence-corrected chi connectivity index (χ3v) is 3.72. The van der Waals surface area contributed by atoms with E-state index in [9.17, 15) is 9.90 Å². The highest BCUT2D eigenvalue weighted by atomic mass is 16.3. The summed E-state index contributed by atoms with van der Waals surface area (Å²) in [6.45, 7) is 5.53. The number of aromatic hydroxyl groups is 1. The summed E-state index contributed by atoms with van der Waals surface area (Å²) in [5.41, 5.74) is 4.52. The van der Waals surface area contributed by atoms with E-state index in [4.69, 9.17) is 0 Å². The van der Waals surface area contributed by atoms with Gasteiger partial charge < -0.3 is 10.4 Å². The molecule has 1 amide bonds. The van der Waals surface area contributed by atoms with E-state index >= 15 is 0 Å². The highest BCUT2D eigenvalue weighted by molar-refractivity contribution is 6.35. The third-order valence-electron chi connectivity index (χ3n) is 3.72. The highest BCUT2D eigenvalue weighted by Gasteiger charge is 2.29. The van der Waals surface area contributed by atoms with Gasteiger partial charge in [0.15, 0.2) is 0 Å². The largest absolute Gasteiger partial charge is 0.506 e. The van der Waals surface area contributed by atoms with E-state index in [-0.39, 0.29) is 11.7 Å². The van der Waals surface area contributed by atoms with Crippen LogP contribution in [0.25, 0.3) is 11.6 Å². The number of fused-ring (bicyclic) bond motifs is 1. The molecule has 0 saturated heterocycles. The van der Waals surface area contributed by atoms with E-state index in [1.54, 1.807) is 13.8 Å². The number of pyridine rings is 1. The Morgan fingerprint density at radius 3 is 2.48 bits per heavy atom. The van der Waals surface area contributed by atoms with Crippen LogP contribution in [0, 0.1) is 20.8 Å². The molecule has 2 N–H and O–H groups in total. The molecule has 0 atom stereocenters. The summed E-state index contributed by atoms with van der Waals surface area (Å²) < 4.78 is 0. The van der Waals surface area contributed by atoms with Crippen molar-refractivity contribution in [2.24, 2.45) is 0 Å². The van der Waals surface area contributed by atoms with Crippen LogP contribution in [-0.4, -0.2) is 16.0 Å². The van der Waals surface area contributed by atoms with Crippen LogP contribution in [0.3, 0.4) is 0 Å². The summed E-state index contributed by atoms with van der Waals surface area (Å²) in [5, 5.41) is 12.8. The molecule has 0 radical (unpaired) electrons. The zero-order chi connectivity index (χ0) is 15.1. The Morgan fingerprint density at radius 2 is 1.81 bits per heavy atom. The molecule has 2 aromatic rings. The van der Waals surface area contributed by atoms with Crippen molar-refractivity contribution in [1.29, 1.82) is 0 Å². The molecule has 0 unspecified atom stereocenters. The van der Waals surface area contributed by atoms with Crippen molar-refractivity contribution >= 4 is 23.4 Å². The number of rotatable bonds is 1. The maximum Gasteiger partial charge on any atom is 0.257 e. The standard InChI is InChI=1S/C17H16N2O2/c1-9-4-6-12(7-5-9)8-13-14-10(2)15(20)11(3)18-16(14)19-17(13)21/h4-8,20H,1-3H3,(H,18,19,21)/b13-8-. The fraction of sp³-hybridized carbons (Fsp3) is 0.176. The van der Waals surface area contributed by atoms with Crippen LogP contribution in [0.5, 0.6) is 5.75 Å². The minimum absolute atomic E-state index is 0.139. The number of benzene rings is 1. The second-order valence-corrected chi connectivity index (χ2v) is 5.32. The van der Waals surface area contributed by atoms with Gasteiger partial charge in [-0.25, -0.2) is 4.98 Å². The maximum atomic E-state index is 12.2. The first-order chi connectivity index (χ1) is 9.97. The van der Waals surface area contributed by atoms with Gasteiger partial charge in [0.25, 0.3) is 5.91 Å². The van der Waals surface area contributed by atoms with Gasteiger partial charge in [0, 0.05) is 11.1 Å². The van der Waals surface area contributed by atoms with Crippen molar-refractivity contribution < 1.29 is 9.90 Å². The van der Waals surface area contributed by atoms with Gasteiger partial charge in [-0.1, -0.05) is 29.8 Å². The Morgan fingerprint density at radius 1 is 1.14 bits per heavy atom. The zero-order valence-corrected chi connectivity index (χ0v) is 12.2. The van der Waals surface area contributed by atoms with Crippen LogP contribution in [0.4, 0.5) is 5.82 Å². The molecule has 0 aliphatic carbocycles. The average molecular weight is 280 g/mol. The van der Waals surface area contributed by atoms with Crippen molar-refractivity contribution in [1.82, 2.24) is 4.98 Å². The minimum atomic E-state index is -0.189. The molecule has 4 heteroatoms. The number of carbonyl (C=O) groups is 1. The third kappa shape index (κ3) is 2.18. The quantitative estimate of drug-likeness (QED) is 0.788. The van der Waals surface area contributed by atoms with Gasteiger partial charge in [0.05, 0.1) is 11.3 Å². The molecular formula is C17H16N2O2. The van der Waals surface area contributed by atoms with Crippen molar-refractivity contribution in [2.75, 3.05) is 5.32 Å². The SMILES string of the molecule is Cc1ccc(/C=C2\C(=O)Nc3nc(C)c(O)c(C)c32)cc1. The molecule has 21 heavy (non-hydrogen) atoms. The van der Waals surface area contributed by atoms with Gasteiger partial charge in [-0.05, 0) is 32.4 Å². The summed E-state index contributed by atoms with van der Waals surface area (Å²) >= 11 is 0. The summed E-state index contributed by atoms with van der Waals surface area (Å²) in [6.07, 6.45) is 1.82. The second kappa shape index (κ2) is 4.74. The van der Waals surface area contributed by atoms with Crippen molar-refractivity contribution in [3.8, 4) is 5.75 Å². The lowest BCUT2D eigenvalue weighted by atomic mass is 10.00. The van der Waals surface area contributed by atoms with Crippen LogP contribution in [0.1, 0.15) is 27.9 Å². The van der Waals surface area contributed by atoms with Gasteiger partial charge in [-0.2, -0.15) is 0 Å². The van der Waals surface area contributed by atoms with Gasteiger partial charge in [0.2, 0.25) is 0 Å². The van der Waals surface area contributed by atoms with Gasteiger partial charge >= 0.3 is 0 Å². The van der Waals surface area contributed by atoms with Crippen LogP contribution in [0.15, 0.2) is 24.3 Å². The van der Waals surface area contributed by atoms with E-state index < -0.39 is 0 Å². The first-order valence-electron chi connectivity index (χ1n) is 6.77. The monoisotopic (exact) mass is 280 g/mol. The van der Waals surface area contributed by atoms with Crippen LogP contribution < -0.4 is 5.32 Å². The van der Waals surface area contributed by atoms with Crippen molar-refractivity contribution in [3.05, 3.63) is 52.2 Å². The lowest BCUT2D eigenvalue weighted by Crippen LogP contribution is -2.04. The number of aryl methyl sites for hydroxylation is 2. The minimum Gasteiger partial charge on any atom is -0.506 e. The molecule has 106 valence electrons. The number of nitrogens with one attached hydrogen (secondary N) is 1. The number of nitrogens with zero attached hydrogens (tertiary/aromatic N) is 1. The Kier molecular flexibility index (Phi) is 3.01. The molecule has 1 aromatic carbocycles. The van der Waals surface area contributed by atoms with Gasteiger partial charge in [-0.15, -0.1) is 0 Å². The van der Waals surface area contributed by atoms with E-state index in [1.807, 2.05) is 37.3 Å². The molecule has 1 aromatic heterocycles. The first-order valence-corrected chi connectivity index (χ1v) is 6.77. The van der Waals surface area contributed by atoms with E-state index in [0.717, 1.165) is 5.56 Å². The molecule has 0 saturated carbocycles. The Balaban J connectivity index is 2.17. The maximum absolute atomic E-state index is 12.2. The summed E-state index contributed by atoms with van der Waals surface area (Å²) in [4.78, 5) is 16.4. The fourth-order valence-electron chi connectivity index (χ4n) is 2.52. The topological polar surface area (TPSA) is 62.2 Å². The molecule has 2 heterocycles. The fourth-order valence-corrected chi connectivity index (χ4v) is 2.52. The van der Waals surface area contributed by atoms with Crippen LogP contribution >= 0.6 is 0 Å². The lowest BCUT2D eigenvalue weighted by Gasteiger charge is -2.08. The normalized spacial score (nSPS) is 15.2. The smallest absolute Gasteiger partial charge is 0.257 e. The molecule has 1 aliphatic heterocycles. The predicted octanol–water partition coefficient (Wildman–Crippen LogP) is 3.21. The first kappa shape index (κ1) is 13.4. The number of hydrogen-bond donors (Lipinski definition) is 2. The molecular weight excluding hydrogens is 264 g/mol. The highest BCUT2D eigenvalue weighted by Crippen LogP contribution is 2.38. The number of carbonyl (C=O) groups excluding carboxylic acids is 1. The summed E-state index contributed by atoms with van der Waals surface area (Å²) in [6, 6.07) is 7.92. The number of amides is 1. The summed E-state index contributed by atoms with van der Waals surface area (Å²) in [5.74, 6) is 0.470. The molecule has 3 rings (SSSR count). The molecule has 0 bridgehead atoms. The molecule has 1 aliphatic rings. The molecule has 0 spiro atoms. The van der Waals surface area contributed by atoms with Crippen molar-refractivity contribution in [2.45, 2.75) is 20.8 Å². The average Bonchev–Trinajstić information content (AvgIpc) is 2.75. The van der Waals surface area contributed by atoms with Gasteiger partial charge in [-0.3, -0.25) is 4.79 Å². The van der Waals surface area contributed by atoms with Crippen LogP contribution in [-0.2, 0) is 4.79 Å². The van der Waals surface area contributed by atoms with E-state index in [1.165, 1.54) is 5.56 Å². The number of aromatic nitrogens is 1. The summed E-state index contributed by atoms with van der Waals surface area (Å²) in [7, 11) is 0. The Hall–Kier alpha value is -2.62. The Labute approximate surface area is 123 Å². The van der Waals surface area contributed by atoms with Crippen LogP contribution in [0.2, 0.25) is 0 Å².